The Bertz CT molecular complexity index is 770. The smallest absolute Gasteiger partial charge is 0.329 e. The van der Waals surface area contributed by atoms with E-state index in [1.54, 1.807) is 0 Å². The average Bonchev–Trinajstić information content (AvgIpc) is 3.03. The SMILES string of the molecule is CCCCCCCCCCCCCCCCCCNC(=O)[C@@H](NNC(=O)NCCCCCCNC(=O)NCCC(=O)O)[C@@H](C)CC. The van der Waals surface area contributed by atoms with Gasteiger partial charge in [0.1, 0.15) is 6.04 Å². The zero-order chi connectivity index (χ0) is 34.1. The van der Waals surface area contributed by atoms with Crippen molar-refractivity contribution in [3.8, 4) is 0 Å². The lowest BCUT2D eigenvalue weighted by Crippen LogP contribution is -2.56. The molecule has 0 spiro atoms. The largest absolute Gasteiger partial charge is 0.481 e. The van der Waals surface area contributed by atoms with Crippen LogP contribution in [0.4, 0.5) is 9.59 Å². The van der Waals surface area contributed by atoms with Crippen LogP contribution in [-0.2, 0) is 9.59 Å². The van der Waals surface area contributed by atoms with Crippen LogP contribution >= 0.6 is 0 Å². The van der Waals surface area contributed by atoms with Gasteiger partial charge in [0.2, 0.25) is 5.91 Å². The molecule has 0 aromatic heterocycles. The Hall–Kier alpha value is -2.56. The number of urea groups is 2. The van der Waals surface area contributed by atoms with Crippen LogP contribution in [0.2, 0.25) is 0 Å². The predicted octanol–water partition coefficient (Wildman–Crippen LogP) is 6.92. The first-order valence-corrected chi connectivity index (χ1v) is 18.6. The minimum Gasteiger partial charge on any atom is -0.481 e. The predicted molar refractivity (Wildman–Crippen MR) is 188 cm³/mol. The molecule has 0 aliphatic rings. The van der Waals surface area contributed by atoms with Gasteiger partial charge >= 0.3 is 18.0 Å². The van der Waals surface area contributed by atoms with Crippen LogP contribution in [0.1, 0.15) is 162 Å². The van der Waals surface area contributed by atoms with Gasteiger partial charge in [-0.1, -0.05) is 136 Å². The van der Waals surface area contributed by atoms with E-state index in [2.05, 4.69) is 39.0 Å². The van der Waals surface area contributed by atoms with E-state index in [0.717, 1.165) is 44.9 Å². The minimum absolute atomic E-state index is 0.0685. The summed E-state index contributed by atoms with van der Waals surface area (Å²) < 4.78 is 0. The molecule has 0 aliphatic heterocycles. The molecule has 0 heterocycles. The number of aliphatic carboxylic acids is 1. The lowest BCUT2D eigenvalue weighted by molar-refractivity contribution is -0.136. The Labute approximate surface area is 280 Å². The molecule has 0 aromatic carbocycles. The van der Waals surface area contributed by atoms with E-state index in [9.17, 15) is 19.2 Å². The van der Waals surface area contributed by atoms with Crippen molar-refractivity contribution < 1.29 is 24.3 Å². The zero-order valence-corrected chi connectivity index (χ0v) is 29.6. The molecule has 2 atom stereocenters. The molecule has 0 radical (unpaired) electrons. The molecule has 0 aromatic rings. The number of amides is 5. The summed E-state index contributed by atoms with van der Waals surface area (Å²) in [6, 6.07) is -1.22. The third kappa shape index (κ3) is 28.9. The molecule has 0 saturated heterocycles. The molecule has 5 amide bonds. The van der Waals surface area contributed by atoms with E-state index < -0.39 is 12.0 Å². The highest BCUT2D eigenvalue weighted by molar-refractivity contribution is 5.82. The standard InChI is InChI=1S/C35H70N6O5/c1-4-6-7-8-9-10-11-12-13-14-15-16-17-18-19-22-26-36-33(44)32(30(3)5-2)40-41-35(46)38-28-24-21-20-23-27-37-34(45)39-29-25-31(42)43/h30,32,40H,4-29H2,1-3H3,(H,36,44)(H,42,43)(H2,37,39,45)(H2,38,41,46)/t30-,32-/m0/s1. The summed E-state index contributed by atoms with van der Waals surface area (Å²) in [6.45, 7) is 8.08. The molecule has 0 fully saturated rings. The van der Waals surface area contributed by atoms with Crippen molar-refractivity contribution in [1.29, 1.82) is 0 Å². The number of carboxylic acids is 1. The highest BCUT2D eigenvalue weighted by atomic mass is 16.4. The van der Waals surface area contributed by atoms with Crippen molar-refractivity contribution in [3.05, 3.63) is 0 Å². The van der Waals surface area contributed by atoms with Gasteiger partial charge in [0.25, 0.3) is 0 Å². The molecule has 7 N–H and O–H groups in total. The molecule has 11 heteroatoms. The van der Waals surface area contributed by atoms with E-state index in [4.69, 9.17) is 5.11 Å². The van der Waals surface area contributed by atoms with Crippen LogP contribution in [0.3, 0.4) is 0 Å². The van der Waals surface area contributed by atoms with Gasteiger partial charge in [-0.3, -0.25) is 15.0 Å². The minimum atomic E-state index is -0.949. The van der Waals surface area contributed by atoms with E-state index in [-0.39, 0.29) is 36.9 Å². The number of rotatable bonds is 32. The number of unbranched alkanes of at least 4 members (excludes halogenated alkanes) is 18. The molecule has 0 rings (SSSR count). The van der Waals surface area contributed by atoms with Gasteiger partial charge in [-0.2, -0.15) is 0 Å². The van der Waals surface area contributed by atoms with Gasteiger partial charge in [-0.25, -0.2) is 15.0 Å². The lowest BCUT2D eigenvalue weighted by atomic mass is 9.99. The topological polar surface area (TPSA) is 161 Å². The van der Waals surface area contributed by atoms with Gasteiger partial charge < -0.3 is 26.4 Å². The summed E-state index contributed by atoms with van der Waals surface area (Å²) in [6.07, 6.45) is 25.3. The van der Waals surface area contributed by atoms with Gasteiger partial charge in [-0.15, -0.1) is 0 Å². The normalized spacial score (nSPS) is 12.2. The van der Waals surface area contributed by atoms with Crippen molar-refractivity contribution >= 4 is 23.9 Å². The molecule has 270 valence electrons. The Balaban J connectivity index is 3.79. The summed E-state index contributed by atoms with van der Waals surface area (Å²) in [4.78, 5) is 47.0. The maximum atomic E-state index is 12.8. The van der Waals surface area contributed by atoms with Gasteiger partial charge in [0.15, 0.2) is 0 Å². The third-order valence-corrected chi connectivity index (χ3v) is 8.47. The number of carbonyl (C=O) groups is 4. The second-order valence-corrected chi connectivity index (χ2v) is 12.7. The highest BCUT2D eigenvalue weighted by Crippen LogP contribution is 2.14. The van der Waals surface area contributed by atoms with Gasteiger partial charge in [-0.05, 0) is 25.2 Å². The average molecular weight is 655 g/mol. The van der Waals surface area contributed by atoms with Crippen molar-refractivity contribution in [2.75, 3.05) is 26.2 Å². The maximum absolute atomic E-state index is 12.8. The Kier molecular flexibility index (Phi) is 30.6. The van der Waals surface area contributed by atoms with Crippen LogP contribution in [0.25, 0.3) is 0 Å². The monoisotopic (exact) mass is 655 g/mol. The first kappa shape index (κ1) is 43.4. The first-order valence-electron chi connectivity index (χ1n) is 18.6. The van der Waals surface area contributed by atoms with Crippen LogP contribution in [0.15, 0.2) is 0 Å². The second kappa shape index (κ2) is 32.4. The summed E-state index contributed by atoms with van der Waals surface area (Å²) in [5.74, 6) is -0.964. The molecule has 11 nitrogen and oxygen atoms in total. The Morgan fingerprint density at radius 3 is 1.35 bits per heavy atom. The van der Waals surface area contributed by atoms with E-state index in [0.29, 0.717) is 19.6 Å². The summed E-state index contributed by atoms with van der Waals surface area (Å²) >= 11 is 0. The van der Waals surface area contributed by atoms with Crippen LogP contribution in [0, 0.1) is 5.92 Å². The maximum Gasteiger partial charge on any atom is 0.329 e. The first-order chi connectivity index (χ1) is 22.3. The van der Waals surface area contributed by atoms with E-state index in [1.807, 2.05) is 13.8 Å². The third-order valence-electron chi connectivity index (χ3n) is 8.47. The number of nitrogens with one attached hydrogen (secondary N) is 6. The number of hydrogen-bond donors (Lipinski definition) is 7. The van der Waals surface area contributed by atoms with Crippen molar-refractivity contribution in [2.45, 2.75) is 168 Å². The number of carbonyl (C=O) groups excluding carboxylic acids is 3. The molecule has 0 unspecified atom stereocenters. The van der Waals surface area contributed by atoms with Crippen LogP contribution < -0.4 is 32.1 Å². The molecular weight excluding hydrogens is 584 g/mol. The van der Waals surface area contributed by atoms with Crippen molar-refractivity contribution in [1.82, 2.24) is 32.1 Å². The Morgan fingerprint density at radius 1 is 0.522 bits per heavy atom. The van der Waals surface area contributed by atoms with Gasteiger partial charge in [0.05, 0.1) is 6.42 Å². The van der Waals surface area contributed by atoms with Crippen molar-refractivity contribution in [2.24, 2.45) is 5.92 Å². The quantitative estimate of drug-likeness (QED) is 0.0308. The fraction of sp³-hybridized carbons (Fsp3) is 0.886. The fourth-order valence-electron chi connectivity index (χ4n) is 5.24. The molecule has 0 saturated carbocycles. The number of carboxylic acid groups (broad SMARTS) is 1. The molecular formula is C35H70N6O5. The number of hydrogen-bond acceptors (Lipinski definition) is 5. The van der Waals surface area contributed by atoms with Crippen LogP contribution in [0.5, 0.6) is 0 Å². The van der Waals surface area contributed by atoms with E-state index in [1.165, 1.54) is 89.9 Å². The highest BCUT2D eigenvalue weighted by Gasteiger charge is 2.24. The van der Waals surface area contributed by atoms with Crippen molar-refractivity contribution in [3.63, 3.8) is 0 Å². The molecule has 0 bridgehead atoms. The summed E-state index contributed by atoms with van der Waals surface area (Å²) in [5.41, 5.74) is 5.56. The van der Waals surface area contributed by atoms with Gasteiger partial charge in [0, 0.05) is 26.2 Å². The molecule has 46 heavy (non-hydrogen) atoms. The number of hydrazine groups is 1. The molecule has 0 aliphatic carbocycles. The van der Waals surface area contributed by atoms with Crippen LogP contribution in [-0.4, -0.2) is 61.3 Å². The second-order valence-electron chi connectivity index (χ2n) is 12.7. The Morgan fingerprint density at radius 2 is 0.913 bits per heavy atom. The fourth-order valence-corrected chi connectivity index (χ4v) is 5.24. The van der Waals surface area contributed by atoms with E-state index >= 15 is 0 Å². The summed E-state index contributed by atoms with van der Waals surface area (Å²) in [7, 11) is 0. The lowest BCUT2D eigenvalue weighted by Gasteiger charge is -2.24. The summed E-state index contributed by atoms with van der Waals surface area (Å²) in [5, 5.41) is 19.6. The zero-order valence-electron chi connectivity index (χ0n) is 29.6.